The van der Waals surface area contributed by atoms with Gasteiger partial charge >= 0.3 is 0 Å². The first kappa shape index (κ1) is 18.9. The molecule has 2 rings (SSSR count). The fourth-order valence-corrected chi connectivity index (χ4v) is 3.71. The minimum Gasteiger partial charge on any atom is -0.340 e. The Balaban J connectivity index is 2.32. The lowest BCUT2D eigenvalue weighted by Crippen LogP contribution is -2.49. The first-order valence-corrected chi connectivity index (χ1v) is 9.21. The number of rotatable bonds is 5. The topological polar surface area (TPSA) is 26.8 Å². The van der Waals surface area contributed by atoms with Crippen molar-refractivity contribution in [1.29, 1.82) is 0 Å². The van der Waals surface area contributed by atoms with Crippen molar-refractivity contribution in [1.82, 2.24) is 14.7 Å². The molecule has 134 valence electrons. The van der Waals surface area contributed by atoms with E-state index in [1.54, 1.807) is 0 Å². The lowest BCUT2D eigenvalue weighted by molar-refractivity contribution is -0.139. The number of hydrogen-bond donors (Lipinski definition) is 0. The van der Waals surface area contributed by atoms with Gasteiger partial charge in [0, 0.05) is 31.7 Å². The summed E-state index contributed by atoms with van der Waals surface area (Å²) in [5, 5.41) is 0. The van der Waals surface area contributed by atoms with Crippen LogP contribution >= 0.6 is 0 Å². The van der Waals surface area contributed by atoms with Crippen LogP contribution in [0, 0.1) is 0 Å². The number of hydrogen-bond acceptors (Lipinski definition) is 3. The van der Waals surface area contributed by atoms with E-state index in [4.69, 9.17) is 0 Å². The van der Waals surface area contributed by atoms with E-state index in [0.29, 0.717) is 12.1 Å². The lowest BCUT2D eigenvalue weighted by Gasteiger charge is -2.39. The van der Waals surface area contributed by atoms with Crippen LogP contribution in [0.5, 0.6) is 0 Å². The maximum absolute atomic E-state index is 13.5. The van der Waals surface area contributed by atoms with Gasteiger partial charge in [0.15, 0.2) is 0 Å². The van der Waals surface area contributed by atoms with Gasteiger partial charge in [-0.2, -0.15) is 0 Å². The first-order valence-electron chi connectivity index (χ1n) is 9.21. The second kappa shape index (κ2) is 8.63. The summed E-state index contributed by atoms with van der Waals surface area (Å²) in [4.78, 5) is 20.2. The molecular formula is C20H33N3O. The summed E-state index contributed by atoms with van der Waals surface area (Å²) in [6, 6.07) is 10.7. The van der Waals surface area contributed by atoms with Crippen LogP contribution < -0.4 is 0 Å². The van der Waals surface area contributed by atoms with Crippen LogP contribution in [0.3, 0.4) is 0 Å². The standard InChI is InChI=1S/C20H33N3O/c1-16(2)23(17(3)4)19(18-10-7-6-8-11-18)20(24)22-13-9-12-21(5)14-15-22/h6-8,10-11,16-17,19H,9,12-15H2,1-5H3. The number of carbonyl (C=O) groups excluding carboxylic acids is 1. The molecule has 1 aromatic rings. The van der Waals surface area contributed by atoms with E-state index >= 15 is 0 Å². The molecule has 0 N–H and O–H groups in total. The normalized spacial score (nSPS) is 18.2. The number of benzene rings is 1. The number of nitrogens with zero attached hydrogens (tertiary/aromatic N) is 3. The highest BCUT2D eigenvalue weighted by Gasteiger charge is 2.34. The molecular weight excluding hydrogens is 298 g/mol. The Labute approximate surface area is 147 Å². The minimum atomic E-state index is -0.199. The van der Waals surface area contributed by atoms with E-state index in [1.165, 1.54) is 0 Å². The average molecular weight is 332 g/mol. The van der Waals surface area contributed by atoms with Crippen LogP contribution in [-0.2, 0) is 4.79 Å². The van der Waals surface area contributed by atoms with Crippen molar-refractivity contribution in [2.24, 2.45) is 0 Å². The molecule has 1 aliphatic heterocycles. The summed E-state index contributed by atoms with van der Waals surface area (Å²) >= 11 is 0. The van der Waals surface area contributed by atoms with Gasteiger partial charge in [0.05, 0.1) is 0 Å². The van der Waals surface area contributed by atoms with E-state index in [-0.39, 0.29) is 11.9 Å². The molecule has 0 bridgehead atoms. The molecule has 0 radical (unpaired) electrons. The Bertz CT molecular complexity index is 507. The van der Waals surface area contributed by atoms with Gasteiger partial charge in [-0.15, -0.1) is 0 Å². The Morgan fingerprint density at radius 2 is 1.58 bits per heavy atom. The maximum atomic E-state index is 13.5. The molecule has 0 spiro atoms. The minimum absolute atomic E-state index is 0.199. The third kappa shape index (κ3) is 4.58. The zero-order valence-electron chi connectivity index (χ0n) is 15.9. The Kier molecular flexibility index (Phi) is 6.81. The Morgan fingerprint density at radius 3 is 2.17 bits per heavy atom. The van der Waals surface area contributed by atoms with Crippen molar-refractivity contribution in [2.45, 2.75) is 52.2 Å². The van der Waals surface area contributed by atoms with Gasteiger partial charge in [0.25, 0.3) is 0 Å². The smallest absolute Gasteiger partial charge is 0.244 e. The highest BCUT2D eigenvalue weighted by atomic mass is 16.2. The summed E-state index contributed by atoms with van der Waals surface area (Å²) in [7, 11) is 2.14. The summed E-state index contributed by atoms with van der Waals surface area (Å²) in [5.74, 6) is 0.249. The quantitative estimate of drug-likeness (QED) is 0.830. The zero-order chi connectivity index (χ0) is 17.7. The van der Waals surface area contributed by atoms with Crippen molar-refractivity contribution in [3.63, 3.8) is 0 Å². The third-order valence-electron chi connectivity index (χ3n) is 4.87. The fourth-order valence-electron chi connectivity index (χ4n) is 3.71. The largest absolute Gasteiger partial charge is 0.340 e. The molecule has 4 heteroatoms. The third-order valence-corrected chi connectivity index (χ3v) is 4.87. The molecule has 0 aliphatic carbocycles. The van der Waals surface area contributed by atoms with Gasteiger partial charge < -0.3 is 9.80 Å². The van der Waals surface area contributed by atoms with Gasteiger partial charge in [0.2, 0.25) is 5.91 Å². The summed E-state index contributed by atoms with van der Waals surface area (Å²) in [5.41, 5.74) is 1.10. The van der Waals surface area contributed by atoms with Gasteiger partial charge in [-0.1, -0.05) is 30.3 Å². The Hall–Kier alpha value is -1.39. The fraction of sp³-hybridized carbons (Fsp3) is 0.650. The van der Waals surface area contributed by atoms with Crippen LogP contribution in [0.2, 0.25) is 0 Å². The molecule has 1 saturated heterocycles. The summed E-state index contributed by atoms with van der Waals surface area (Å²) < 4.78 is 0. The molecule has 1 fully saturated rings. The predicted molar refractivity (Wildman–Crippen MR) is 100.0 cm³/mol. The van der Waals surface area contributed by atoms with E-state index in [2.05, 4.69) is 61.6 Å². The molecule has 0 saturated carbocycles. The SMILES string of the molecule is CC(C)N(C(C)C)C(C(=O)N1CCCN(C)CC1)c1ccccc1. The van der Waals surface area contributed by atoms with Crippen LogP contribution in [0.4, 0.5) is 0 Å². The van der Waals surface area contributed by atoms with Crippen molar-refractivity contribution in [3.8, 4) is 0 Å². The predicted octanol–water partition coefficient (Wildman–Crippen LogP) is 3.01. The van der Waals surface area contributed by atoms with Crippen LogP contribution in [0.15, 0.2) is 30.3 Å². The van der Waals surface area contributed by atoms with Gasteiger partial charge in [-0.25, -0.2) is 0 Å². The molecule has 1 heterocycles. The van der Waals surface area contributed by atoms with Crippen molar-refractivity contribution in [2.75, 3.05) is 33.2 Å². The number of likely N-dealkylation sites (N-methyl/N-ethyl adjacent to an activating group) is 1. The molecule has 1 atom stereocenters. The molecule has 1 aromatic carbocycles. The molecule has 24 heavy (non-hydrogen) atoms. The van der Waals surface area contributed by atoms with E-state index in [1.807, 2.05) is 18.2 Å². The van der Waals surface area contributed by atoms with Crippen LogP contribution in [0.1, 0.15) is 45.7 Å². The molecule has 0 aromatic heterocycles. The molecule has 1 aliphatic rings. The van der Waals surface area contributed by atoms with Gasteiger partial charge in [0.1, 0.15) is 6.04 Å². The lowest BCUT2D eigenvalue weighted by atomic mass is 10.00. The zero-order valence-corrected chi connectivity index (χ0v) is 15.9. The van der Waals surface area contributed by atoms with Crippen LogP contribution in [0.25, 0.3) is 0 Å². The Morgan fingerprint density at radius 1 is 0.958 bits per heavy atom. The first-order chi connectivity index (χ1) is 11.4. The van der Waals surface area contributed by atoms with Crippen molar-refractivity contribution in [3.05, 3.63) is 35.9 Å². The molecule has 4 nitrogen and oxygen atoms in total. The highest BCUT2D eigenvalue weighted by Crippen LogP contribution is 2.28. The number of carbonyl (C=O) groups is 1. The van der Waals surface area contributed by atoms with Crippen LogP contribution in [-0.4, -0.2) is 65.9 Å². The molecule has 1 amide bonds. The maximum Gasteiger partial charge on any atom is 0.244 e. The van der Waals surface area contributed by atoms with Crippen molar-refractivity contribution >= 4 is 5.91 Å². The second-order valence-electron chi connectivity index (χ2n) is 7.43. The number of amides is 1. The highest BCUT2D eigenvalue weighted by molar-refractivity contribution is 5.83. The molecule has 1 unspecified atom stereocenters. The van der Waals surface area contributed by atoms with E-state index < -0.39 is 0 Å². The van der Waals surface area contributed by atoms with Gasteiger partial charge in [-0.05, 0) is 53.3 Å². The van der Waals surface area contributed by atoms with E-state index in [9.17, 15) is 4.79 Å². The summed E-state index contributed by atoms with van der Waals surface area (Å²) in [6.07, 6.45) is 1.05. The summed E-state index contributed by atoms with van der Waals surface area (Å²) in [6.45, 7) is 12.4. The van der Waals surface area contributed by atoms with Crippen molar-refractivity contribution < 1.29 is 4.79 Å². The second-order valence-corrected chi connectivity index (χ2v) is 7.43. The van der Waals surface area contributed by atoms with E-state index in [0.717, 1.165) is 38.2 Å². The monoisotopic (exact) mass is 331 g/mol. The van der Waals surface area contributed by atoms with Gasteiger partial charge in [-0.3, -0.25) is 9.69 Å². The average Bonchev–Trinajstić information content (AvgIpc) is 2.76.